The van der Waals surface area contributed by atoms with Crippen LogP contribution in [-0.4, -0.2) is 18.1 Å². The van der Waals surface area contributed by atoms with E-state index in [-0.39, 0.29) is 11.7 Å². The number of rotatable bonds is 4. The van der Waals surface area contributed by atoms with Gasteiger partial charge in [0, 0.05) is 30.3 Å². The van der Waals surface area contributed by atoms with Crippen molar-refractivity contribution in [3.8, 4) is 5.75 Å². The molecule has 2 aromatic rings. The highest BCUT2D eigenvalue weighted by Crippen LogP contribution is 2.41. The van der Waals surface area contributed by atoms with Crippen molar-refractivity contribution in [3.63, 3.8) is 0 Å². The number of hydrogen-bond donors (Lipinski definition) is 1. The van der Waals surface area contributed by atoms with Crippen LogP contribution in [-0.2, 0) is 0 Å². The summed E-state index contributed by atoms with van der Waals surface area (Å²) < 4.78 is 46.7. The molecule has 3 rings (SSSR count). The maximum atomic E-state index is 13.7. The number of hydrogen-bond acceptors (Lipinski definition) is 3. The number of nitrogens with zero attached hydrogens (tertiary/aromatic N) is 1. The van der Waals surface area contributed by atoms with Gasteiger partial charge < -0.3 is 10.1 Å². The minimum Gasteiger partial charge on any atom is -0.482 e. The van der Waals surface area contributed by atoms with E-state index in [0.717, 1.165) is 19.2 Å². The normalized spacial score (nSPS) is 18.6. The smallest absolute Gasteiger partial charge is 0.163 e. The maximum Gasteiger partial charge on any atom is 0.163 e. The van der Waals surface area contributed by atoms with Crippen LogP contribution in [0.15, 0.2) is 24.5 Å². The summed E-state index contributed by atoms with van der Waals surface area (Å²) in [5, 5.41) is 2.34. The molecule has 1 aliphatic rings. The molecule has 1 fully saturated rings. The van der Waals surface area contributed by atoms with E-state index in [1.165, 1.54) is 12.3 Å². The lowest BCUT2D eigenvalue weighted by molar-refractivity contribution is 0.143. The molecule has 128 valence electrons. The van der Waals surface area contributed by atoms with Crippen molar-refractivity contribution in [1.82, 2.24) is 10.3 Å². The van der Waals surface area contributed by atoms with E-state index in [4.69, 9.17) is 27.9 Å². The van der Waals surface area contributed by atoms with Crippen LogP contribution in [0.1, 0.15) is 18.1 Å². The van der Waals surface area contributed by atoms with Crippen LogP contribution in [0, 0.1) is 23.4 Å². The van der Waals surface area contributed by atoms with Crippen LogP contribution in [0.5, 0.6) is 5.75 Å². The monoisotopic (exact) mass is 376 g/mol. The largest absolute Gasteiger partial charge is 0.482 e. The first-order valence-electron chi connectivity index (χ1n) is 7.28. The summed E-state index contributed by atoms with van der Waals surface area (Å²) >= 11 is 11.8. The van der Waals surface area contributed by atoms with Crippen LogP contribution in [0.2, 0.25) is 10.0 Å². The zero-order valence-corrected chi connectivity index (χ0v) is 13.8. The van der Waals surface area contributed by atoms with Gasteiger partial charge in [-0.1, -0.05) is 23.2 Å². The van der Waals surface area contributed by atoms with Crippen LogP contribution >= 0.6 is 23.2 Å². The Balaban J connectivity index is 2.02. The predicted molar refractivity (Wildman–Crippen MR) is 84.9 cm³/mol. The third kappa shape index (κ3) is 3.45. The summed E-state index contributed by atoms with van der Waals surface area (Å²) in [6.45, 7) is 1.36. The predicted octanol–water partition coefficient (Wildman–Crippen LogP) is 4.54. The number of pyridine rings is 1. The molecule has 3 nitrogen and oxygen atoms in total. The van der Waals surface area contributed by atoms with E-state index < -0.39 is 33.6 Å². The van der Waals surface area contributed by atoms with Crippen LogP contribution in [0.3, 0.4) is 0 Å². The summed E-state index contributed by atoms with van der Waals surface area (Å²) in [7, 11) is 0. The SMILES string of the molecule is Fc1cncc([C@@H](Oc2c(Cl)c(F)cc(F)c2Cl)C2CCNC2)c1. The van der Waals surface area contributed by atoms with Gasteiger partial charge in [0.05, 0.1) is 6.20 Å². The Labute approximate surface area is 146 Å². The molecule has 0 amide bonds. The summed E-state index contributed by atoms with van der Waals surface area (Å²) in [4.78, 5) is 3.81. The fourth-order valence-corrected chi connectivity index (χ4v) is 3.17. The number of nitrogens with one attached hydrogen (secondary N) is 1. The zero-order valence-electron chi connectivity index (χ0n) is 12.3. The van der Waals surface area contributed by atoms with Gasteiger partial charge in [0.15, 0.2) is 5.75 Å². The van der Waals surface area contributed by atoms with Crippen LogP contribution in [0.4, 0.5) is 13.2 Å². The minimum atomic E-state index is -0.978. The van der Waals surface area contributed by atoms with Gasteiger partial charge in [0.1, 0.15) is 33.6 Å². The molecule has 0 bridgehead atoms. The summed E-state index contributed by atoms with van der Waals surface area (Å²) in [5.41, 5.74) is 0.445. The van der Waals surface area contributed by atoms with Gasteiger partial charge in [-0.2, -0.15) is 0 Å². The Bertz CT molecular complexity index is 728. The van der Waals surface area contributed by atoms with Gasteiger partial charge in [-0.3, -0.25) is 4.98 Å². The first kappa shape index (κ1) is 17.3. The molecule has 1 unspecified atom stereocenters. The molecule has 0 saturated carbocycles. The van der Waals surface area contributed by atoms with E-state index in [1.54, 1.807) is 0 Å². The standard InChI is InChI=1S/C16H13Cl2F3N2O/c17-13-11(20)4-12(21)14(18)16(13)24-15(8-1-2-22-5-8)9-3-10(19)7-23-6-9/h3-4,6-8,15,22H,1-2,5H2/t8?,15-/m0/s1. The Morgan fingerprint density at radius 3 is 2.42 bits per heavy atom. The lowest BCUT2D eigenvalue weighted by atomic mass is 9.96. The molecular weight excluding hydrogens is 364 g/mol. The van der Waals surface area contributed by atoms with Crippen LogP contribution in [0.25, 0.3) is 0 Å². The molecule has 1 saturated heterocycles. The van der Waals surface area contributed by atoms with Gasteiger partial charge in [-0.05, 0) is 19.0 Å². The number of benzene rings is 1. The van der Waals surface area contributed by atoms with E-state index in [1.807, 2.05) is 0 Å². The first-order valence-corrected chi connectivity index (χ1v) is 8.03. The van der Waals surface area contributed by atoms with Gasteiger partial charge in [-0.25, -0.2) is 13.2 Å². The Kier molecular flexibility index (Phi) is 5.18. The molecule has 0 spiro atoms. The lowest BCUT2D eigenvalue weighted by Crippen LogP contribution is -2.22. The van der Waals surface area contributed by atoms with Gasteiger partial charge in [0.25, 0.3) is 0 Å². The first-order chi connectivity index (χ1) is 11.5. The van der Waals surface area contributed by atoms with Crippen molar-refractivity contribution in [1.29, 1.82) is 0 Å². The fraction of sp³-hybridized carbons (Fsp3) is 0.312. The second-order valence-corrected chi connectivity index (χ2v) is 6.28. The van der Waals surface area contributed by atoms with E-state index in [9.17, 15) is 13.2 Å². The van der Waals surface area contributed by atoms with Crippen molar-refractivity contribution in [2.24, 2.45) is 5.92 Å². The topological polar surface area (TPSA) is 34.1 Å². The third-order valence-electron chi connectivity index (χ3n) is 3.90. The summed E-state index contributed by atoms with van der Waals surface area (Å²) in [6, 6.07) is 1.86. The quantitative estimate of drug-likeness (QED) is 0.795. The highest BCUT2D eigenvalue weighted by atomic mass is 35.5. The minimum absolute atomic E-state index is 0.0490. The molecule has 2 atom stereocenters. The molecule has 0 radical (unpaired) electrons. The number of aromatic nitrogens is 1. The average molecular weight is 377 g/mol. The summed E-state index contributed by atoms with van der Waals surface area (Å²) in [5.74, 6) is -2.83. The Morgan fingerprint density at radius 2 is 1.83 bits per heavy atom. The molecule has 1 aromatic heterocycles. The van der Waals surface area contributed by atoms with E-state index >= 15 is 0 Å². The average Bonchev–Trinajstić information content (AvgIpc) is 3.07. The van der Waals surface area contributed by atoms with Gasteiger partial charge >= 0.3 is 0 Å². The van der Waals surface area contributed by atoms with Crippen LogP contribution < -0.4 is 10.1 Å². The molecule has 24 heavy (non-hydrogen) atoms. The van der Waals surface area contributed by atoms with Gasteiger partial charge in [0.2, 0.25) is 0 Å². The van der Waals surface area contributed by atoms with Crippen molar-refractivity contribution in [2.45, 2.75) is 12.5 Å². The second-order valence-electron chi connectivity index (χ2n) is 5.53. The van der Waals surface area contributed by atoms with Crippen molar-refractivity contribution in [2.75, 3.05) is 13.1 Å². The maximum absolute atomic E-state index is 13.7. The van der Waals surface area contributed by atoms with Crippen molar-refractivity contribution >= 4 is 23.2 Å². The molecular formula is C16H13Cl2F3N2O. The third-order valence-corrected chi connectivity index (χ3v) is 4.60. The molecule has 1 aromatic carbocycles. The lowest BCUT2D eigenvalue weighted by Gasteiger charge is -2.25. The van der Waals surface area contributed by atoms with E-state index in [2.05, 4.69) is 10.3 Å². The molecule has 2 heterocycles. The highest BCUT2D eigenvalue weighted by Gasteiger charge is 2.31. The fourth-order valence-electron chi connectivity index (χ4n) is 2.74. The molecule has 1 N–H and O–H groups in total. The molecule has 0 aliphatic carbocycles. The summed E-state index contributed by atoms with van der Waals surface area (Å²) in [6.07, 6.45) is 2.56. The number of halogens is 5. The van der Waals surface area contributed by atoms with E-state index in [0.29, 0.717) is 18.2 Å². The number of ether oxygens (including phenoxy) is 1. The van der Waals surface area contributed by atoms with Gasteiger partial charge in [-0.15, -0.1) is 0 Å². The highest BCUT2D eigenvalue weighted by molar-refractivity contribution is 6.37. The van der Waals surface area contributed by atoms with Crippen molar-refractivity contribution in [3.05, 3.63) is 57.6 Å². The Morgan fingerprint density at radius 1 is 1.12 bits per heavy atom. The molecule has 1 aliphatic heterocycles. The second kappa shape index (κ2) is 7.17. The van der Waals surface area contributed by atoms with Crippen molar-refractivity contribution < 1.29 is 17.9 Å². The molecule has 8 heteroatoms. The zero-order chi connectivity index (χ0) is 17.3. The Hall–Kier alpha value is -1.50.